The number of rotatable bonds is 7. The topological polar surface area (TPSA) is 102 Å². The molecule has 1 aromatic heterocycles. The quantitative estimate of drug-likeness (QED) is 0.381. The summed E-state index contributed by atoms with van der Waals surface area (Å²) in [7, 11) is 0. The van der Waals surface area contributed by atoms with Crippen molar-refractivity contribution in [3.8, 4) is 11.5 Å². The average molecular weight is 532 g/mol. The van der Waals surface area contributed by atoms with Crippen molar-refractivity contribution >= 4 is 17.4 Å². The van der Waals surface area contributed by atoms with Gasteiger partial charge in [-0.3, -0.25) is 9.79 Å². The fourth-order valence-electron chi connectivity index (χ4n) is 5.59. The lowest BCUT2D eigenvalue weighted by atomic mass is 9.78. The molecule has 9 heteroatoms. The SMILES string of the molecule is C=CC(=O)NC1CCC(CC2CCN=C(c3ccc(Oc4cccc(F)c4)cc3F)c3c(N)ncnc32)CC1. The van der Waals surface area contributed by atoms with Crippen LogP contribution in [-0.4, -0.2) is 34.2 Å². The molecule has 1 atom stereocenters. The summed E-state index contributed by atoms with van der Waals surface area (Å²) in [5.41, 5.74) is 8.42. The summed E-state index contributed by atoms with van der Waals surface area (Å²) in [5.74, 6) is 0.266. The first-order valence-electron chi connectivity index (χ1n) is 13.2. The second kappa shape index (κ2) is 11.7. The van der Waals surface area contributed by atoms with E-state index in [0.717, 1.165) is 44.2 Å². The van der Waals surface area contributed by atoms with Gasteiger partial charge in [0, 0.05) is 36.2 Å². The van der Waals surface area contributed by atoms with Crippen molar-refractivity contribution in [2.24, 2.45) is 10.9 Å². The third kappa shape index (κ3) is 6.13. The van der Waals surface area contributed by atoms with Crippen LogP contribution < -0.4 is 15.8 Å². The smallest absolute Gasteiger partial charge is 0.243 e. The van der Waals surface area contributed by atoms with Crippen LogP contribution in [0.25, 0.3) is 0 Å². The standard InChI is InChI=1S/C30H31F2N5O2/c1-2-26(38)37-21-8-6-18(7-9-21)14-19-12-13-34-29(27-28(19)35-17-36-30(27)33)24-11-10-23(16-25(24)32)39-22-5-3-4-20(31)15-22/h2-5,10-11,15-19,21H,1,6-9,12-14H2,(H,37,38)(H2,33,35,36). The Kier molecular flexibility index (Phi) is 7.95. The molecule has 3 aromatic rings. The molecule has 2 aromatic carbocycles. The molecule has 39 heavy (non-hydrogen) atoms. The van der Waals surface area contributed by atoms with Crippen molar-refractivity contribution in [3.63, 3.8) is 0 Å². The van der Waals surface area contributed by atoms with Crippen LogP contribution in [0, 0.1) is 17.6 Å². The number of nitrogen functional groups attached to an aromatic ring is 1. The molecular formula is C30H31F2N5O2. The van der Waals surface area contributed by atoms with E-state index in [0.29, 0.717) is 23.7 Å². The molecule has 1 fully saturated rings. The van der Waals surface area contributed by atoms with Gasteiger partial charge in [0.25, 0.3) is 0 Å². The second-order valence-electron chi connectivity index (χ2n) is 10.1. The van der Waals surface area contributed by atoms with Crippen molar-refractivity contribution in [1.82, 2.24) is 15.3 Å². The Balaban J connectivity index is 1.35. The summed E-state index contributed by atoms with van der Waals surface area (Å²) in [6.45, 7) is 4.03. The zero-order valence-corrected chi connectivity index (χ0v) is 21.6. The maximum atomic E-state index is 15.4. The van der Waals surface area contributed by atoms with E-state index in [-0.39, 0.29) is 40.7 Å². The van der Waals surface area contributed by atoms with E-state index >= 15 is 4.39 Å². The number of nitrogens with two attached hydrogens (primary N) is 1. The second-order valence-corrected chi connectivity index (χ2v) is 10.1. The van der Waals surface area contributed by atoms with Gasteiger partial charge in [-0.15, -0.1) is 0 Å². The Hall–Kier alpha value is -4.14. The van der Waals surface area contributed by atoms with Crippen LogP contribution in [0.1, 0.15) is 61.3 Å². The summed E-state index contributed by atoms with van der Waals surface area (Å²) in [4.78, 5) is 25.2. The van der Waals surface area contributed by atoms with Crippen LogP contribution in [0.4, 0.5) is 14.6 Å². The number of amides is 1. The predicted molar refractivity (Wildman–Crippen MR) is 146 cm³/mol. The molecule has 1 aliphatic carbocycles. The van der Waals surface area contributed by atoms with Crippen molar-refractivity contribution < 1.29 is 18.3 Å². The molecule has 1 aliphatic heterocycles. The first-order chi connectivity index (χ1) is 18.9. The minimum Gasteiger partial charge on any atom is -0.457 e. The number of hydrogen-bond acceptors (Lipinski definition) is 6. The number of fused-ring (bicyclic) bond motifs is 1. The van der Waals surface area contributed by atoms with Gasteiger partial charge in [0.15, 0.2) is 0 Å². The van der Waals surface area contributed by atoms with Crippen LogP contribution >= 0.6 is 0 Å². The number of ether oxygens (including phenoxy) is 1. The van der Waals surface area contributed by atoms with Crippen molar-refractivity contribution in [2.45, 2.75) is 50.5 Å². The predicted octanol–water partition coefficient (Wildman–Crippen LogP) is 5.71. The van der Waals surface area contributed by atoms with Crippen molar-refractivity contribution in [3.05, 3.63) is 89.9 Å². The lowest BCUT2D eigenvalue weighted by Crippen LogP contribution is -2.36. The number of aliphatic imine (C=N–C) groups is 1. The number of nitrogens with one attached hydrogen (secondary N) is 1. The van der Waals surface area contributed by atoms with Gasteiger partial charge in [0.1, 0.15) is 35.3 Å². The number of benzene rings is 2. The van der Waals surface area contributed by atoms with Gasteiger partial charge >= 0.3 is 0 Å². The van der Waals surface area contributed by atoms with Crippen LogP contribution in [-0.2, 0) is 4.79 Å². The maximum absolute atomic E-state index is 15.4. The highest BCUT2D eigenvalue weighted by molar-refractivity contribution is 6.16. The van der Waals surface area contributed by atoms with Crippen LogP contribution in [0.2, 0.25) is 0 Å². The molecule has 2 heterocycles. The number of carbonyl (C=O) groups excluding carboxylic acids is 1. The first kappa shape index (κ1) is 26.5. The highest BCUT2D eigenvalue weighted by Gasteiger charge is 2.31. The lowest BCUT2D eigenvalue weighted by molar-refractivity contribution is -0.117. The highest BCUT2D eigenvalue weighted by Crippen LogP contribution is 2.38. The van der Waals surface area contributed by atoms with Crippen LogP contribution in [0.5, 0.6) is 11.5 Å². The Morgan fingerprint density at radius 2 is 1.87 bits per heavy atom. The van der Waals surface area contributed by atoms with Crippen molar-refractivity contribution in [1.29, 1.82) is 0 Å². The number of aromatic nitrogens is 2. The van der Waals surface area contributed by atoms with Crippen LogP contribution in [0.3, 0.4) is 0 Å². The number of hydrogen-bond donors (Lipinski definition) is 2. The lowest BCUT2D eigenvalue weighted by Gasteiger charge is -2.31. The number of halogens is 2. The molecule has 5 rings (SSSR count). The van der Waals surface area contributed by atoms with E-state index in [1.54, 1.807) is 18.2 Å². The van der Waals surface area contributed by atoms with E-state index < -0.39 is 11.6 Å². The Morgan fingerprint density at radius 1 is 1.08 bits per heavy atom. The van der Waals surface area contributed by atoms with Gasteiger partial charge in [0.2, 0.25) is 5.91 Å². The summed E-state index contributed by atoms with van der Waals surface area (Å²) < 4.78 is 34.6. The molecular weight excluding hydrogens is 500 g/mol. The molecule has 7 nitrogen and oxygen atoms in total. The van der Waals surface area contributed by atoms with E-state index in [1.807, 2.05) is 0 Å². The molecule has 0 radical (unpaired) electrons. The van der Waals surface area contributed by atoms with Gasteiger partial charge in [-0.2, -0.15) is 0 Å². The van der Waals surface area contributed by atoms with Gasteiger partial charge in [-0.05, 0) is 74.8 Å². The zero-order chi connectivity index (χ0) is 27.4. The average Bonchev–Trinajstić information content (AvgIpc) is 3.10. The minimum atomic E-state index is -0.532. The summed E-state index contributed by atoms with van der Waals surface area (Å²) in [6, 6.07) is 10.3. The molecule has 0 spiro atoms. The van der Waals surface area contributed by atoms with Crippen molar-refractivity contribution in [2.75, 3.05) is 12.3 Å². The first-order valence-corrected chi connectivity index (χ1v) is 13.2. The molecule has 0 bridgehead atoms. The summed E-state index contributed by atoms with van der Waals surface area (Å²) >= 11 is 0. The highest BCUT2D eigenvalue weighted by atomic mass is 19.1. The van der Waals surface area contributed by atoms with Crippen LogP contribution in [0.15, 0.2) is 66.4 Å². The van der Waals surface area contributed by atoms with Gasteiger partial charge < -0.3 is 15.8 Å². The van der Waals surface area contributed by atoms with Gasteiger partial charge in [0.05, 0.1) is 17.0 Å². The van der Waals surface area contributed by atoms with E-state index in [9.17, 15) is 9.18 Å². The minimum absolute atomic E-state index is 0.106. The van der Waals surface area contributed by atoms with Gasteiger partial charge in [-0.25, -0.2) is 18.7 Å². The molecule has 1 amide bonds. The molecule has 0 saturated heterocycles. The van der Waals surface area contributed by atoms with E-state index in [1.165, 1.54) is 36.7 Å². The third-order valence-electron chi connectivity index (χ3n) is 7.50. The fraction of sp³-hybridized carbons (Fsp3) is 0.333. The summed E-state index contributed by atoms with van der Waals surface area (Å²) in [6.07, 6.45) is 8.30. The Morgan fingerprint density at radius 3 is 2.62 bits per heavy atom. The van der Waals surface area contributed by atoms with E-state index in [2.05, 4.69) is 21.9 Å². The normalized spacial score (nSPS) is 20.8. The molecule has 1 unspecified atom stereocenters. The largest absolute Gasteiger partial charge is 0.457 e. The van der Waals surface area contributed by atoms with Gasteiger partial charge in [-0.1, -0.05) is 12.6 Å². The number of nitrogens with zero attached hydrogens (tertiary/aromatic N) is 3. The monoisotopic (exact) mass is 531 g/mol. The van der Waals surface area contributed by atoms with E-state index in [4.69, 9.17) is 15.5 Å². The Bertz CT molecular complexity index is 1400. The molecule has 2 aliphatic rings. The Labute approximate surface area is 226 Å². The molecule has 1 saturated carbocycles. The number of carbonyl (C=O) groups is 1. The maximum Gasteiger partial charge on any atom is 0.243 e. The molecule has 3 N–H and O–H groups in total. The number of anilines is 1. The zero-order valence-electron chi connectivity index (χ0n) is 21.6. The molecule has 202 valence electrons. The fourth-order valence-corrected chi connectivity index (χ4v) is 5.59. The summed E-state index contributed by atoms with van der Waals surface area (Å²) in [5, 5.41) is 3.00. The third-order valence-corrected chi connectivity index (χ3v) is 7.50.